The van der Waals surface area contributed by atoms with Crippen molar-refractivity contribution in [1.29, 1.82) is 0 Å². The van der Waals surface area contributed by atoms with Gasteiger partial charge in [0, 0.05) is 31.3 Å². The fourth-order valence-corrected chi connectivity index (χ4v) is 5.23. The van der Waals surface area contributed by atoms with Crippen LogP contribution in [-0.2, 0) is 16.0 Å². The van der Waals surface area contributed by atoms with Gasteiger partial charge in [-0.05, 0) is 41.8 Å². The summed E-state index contributed by atoms with van der Waals surface area (Å²) in [4.78, 5) is 54.6. The number of anilines is 2. The van der Waals surface area contributed by atoms with E-state index in [1.807, 2.05) is 43.3 Å². The number of carbonyl (C=O) groups excluding carboxylic acids is 3. The van der Waals surface area contributed by atoms with Crippen molar-refractivity contribution in [3.8, 4) is 0 Å². The van der Waals surface area contributed by atoms with Crippen LogP contribution in [0.1, 0.15) is 22.7 Å². The van der Waals surface area contributed by atoms with E-state index < -0.39 is 34.2 Å². The molecule has 2 atom stereocenters. The molecule has 1 spiro atoms. The third-order valence-corrected chi connectivity index (χ3v) is 6.77. The van der Waals surface area contributed by atoms with E-state index in [1.54, 1.807) is 36.2 Å². The van der Waals surface area contributed by atoms with Crippen LogP contribution in [0.25, 0.3) is 0 Å². The SMILES string of the molecule is Cc1cccc(N2C(=O)NC(=O)[C@]3(Cc4cc([N+](=O)[O-])ccc4N(C)[C@H]3c3ccccc3)C2=O)c1. The van der Waals surface area contributed by atoms with Gasteiger partial charge in [-0.25, -0.2) is 9.69 Å². The fourth-order valence-electron chi connectivity index (χ4n) is 5.23. The molecular weight excluding hydrogens is 448 g/mol. The number of imide groups is 2. The summed E-state index contributed by atoms with van der Waals surface area (Å²) in [5.74, 6) is -1.40. The highest BCUT2D eigenvalue weighted by atomic mass is 16.6. The molecule has 0 aliphatic carbocycles. The van der Waals surface area contributed by atoms with Gasteiger partial charge in [0.2, 0.25) is 5.91 Å². The van der Waals surface area contributed by atoms with E-state index in [4.69, 9.17) is 0 Å². The van der Waals surface area contributed by atoms with Crippen molar-refractivity contribution in [2.24, 2.45) is 5.41 Å². The minimum atomic E-state index is -1.74. The molecule has 0 unspecified atom stereocenters. The van der Waals surface area contributed by atoms with Crippen LogP contribution in [0.4, 0.5) is 21.9 Å². The van der Waals surface area contributed by atoms with Gasteiger partial charge >= 0.3 is 6.03 Å². The topological polar surface area (TPSA) is 113 Å². The monoisotopic (exact) mass is 470 g/mol. The first kappa shape index (κ1) is 22.3. The lowest BCUT2D eigenvalue weighted by Crippen LogP contribution is -2.69. The molecule has 0 saturated carbocycles. The maximum atomic E-state index is 14.3. The summed E-state index contributed by atoms with van der Waals surface area (Å²) in [6.45, 7) is 1.84. The van der Waals surface area contributed by atoms with Gasteiger partial charge in [0.1, 0.15) is 0 Å². The summed E-state index contributed by atoms with van der Waals surface area (Å²) >= 11 is 0. The number of nitro benzene ring substituents is 1. The fraction of sp³-hybridized carbons (Fsp3) is 0.192. The van der Waals surface area contributed by atoms with Crippen molar-refractivity contribution < 1.29 is 19.3 Å². The van der Waals surface area contributed by atoms with Crippen molar-refractivity contribution in [2.45, 2.75) is 19.4 Å². The van der Waals surface area contributed by atoms with Crippen molar-refractivity contribution >= 4 is 34.9 Å². The maximum absolute atomic E-state index is 14.3. The molecule has 2 aliphatic heterocycles. The number of nitro groups is 1. The average Bonchev–Trinajstić information content (AvgIpc) is 2.83. The van der Waals surface area contributed by atoms with E-state index in [0.29, 0.717) is 22.5 Å². The summed E-state index contributed by atoms with van der Waals surface area (Å²) in [7, 11) is 1.75. The zero-order valence-electron chi connectivity index (χ0n) is 19.1. The van der Waals surface area contributed by atoms with Crippen LogP contribution in [0.2, 0.25) is 0 Å². The molecule has 2 aliphatic rings. The number of fused-ring (bicyclic) bond motifs is 1. The Morgan fingerprint density at radius 2 is 1.74 bits per heavy atom. The molecule has 176 valence electrons. The molecule has 1 fully saturated rings. The second kappa shape index (κ2) is 8.05. The largest absolute Gasteiger partial charge is 0.366 e. The van der Waals surface area contributed by atoms with Crippen LogP contribution in [0.3, 0.4) is 0 Å². The number of nitrogens with one attached hydrogen (secondary N) is 1. The first-order valence-corrected chi connectivity index (χ1v) is 11.1. The smallest absolute Gasteiger partial charge is 0.335 e. The Hall–Kier alpha value is -4.53. The lowest BCUT2D eigenvalue weighted by molar-refractivity contribution is -0.384. The second-order valence-electron chi connectivity index (χ2n) is 8.88. The molecular formula is C26H22N4O5. The lowest BCUT2D eigenvalue weighted by atomic mass is 9.66. The van der Waals surface area contributed by atoms with E-state index in [0.717, 1.165) is 10.5 Å². The summed E-state index contributed by atoms with van der Waals surface area (Å²) < 4.78 is 0. The third kappa shape index (κ3) is 3.35. The number of non-ortho nitro benzene ring substituents is 1. The Kier molecular flexibility index (Phi) is 5.12. The Morgan fingerprint density at radius 1 is 1.00 bits per heavy atom. The second-order valence-corrected chi connectivity index (χ2v) is 8.88. The quantitative estimate of drug-likeness (QED) is 0.353. The minimum absolute atomic E-state index is 0.103. The summed E-state index contributed by atoms with van der Waals surface area (Å²) in [6, 6.07) is 18.9. The number of hydrogen-bond donors (Lipinski definition) is 1. The predicted molar refractivity (Wildman–Crippen MR) is 129 cm³/mol. The van der Waals surface area contributed by atoms with Crippen molar-refractivity contribution in [3.05, 3.63) is 99.6 Å². The predicted octanol–water partition coefficient (Wildman–Crippen LogP) is 3.91. The van der Waals surface area contributed by atoms with Gasteiger partial charge < -0.3 is 4.90 Å². The van der Waals surface area contributed by atoms with Crippen LogP contribution >= 0.6 is 0 Å². The maximum Gasteiger partial charge on any atom is 0.335 e. The van der Waals surface area contributed by atoms with Crippen molar-refractivity contribution in [1.82, 2.24) is 5.32 Å². The first-order chi connectivity index (χ1) is 16.7. The van der Waals surface area contributed by atoms with E-state index in [-0.39, 0.29) is 12.1 Å². The number of rotatable bonds is 3. The highest BCUT2D eigenvalue weighted by Crippen LogP contribution is 2.52. The van der Waals surface area contributed by atoms with Gasteiger partial charge in [0.15, 0.2) is 5.41 Å². The van der Waals surface area contributed by atoms with Crippen LogP contribution < -0.4 is 15.1 Å². The van der Waals surface area contributed by atoms with E-state index in [2.05, 4.69) is 5.32 Å². The molecule has 2 heterocycles. The molecule has 4 amide bonds. The number of urea groups is 1. The lowest BCUT2D eigenvalue weighted by Gasteiger charge is -2.50. The Balaban J connectivity index is 1.75. The molecule has 9 nitrogen and oxygen atoms in total. The number of amides is 4. The highest BCUT2D eigenvalue weighted by molar-refractivity contribution is 6.30. The molecule has 3 aromatic carbocycles. The van der Waals surface area contributed by atoms with Gasteiger partial charge in [-0.1, -0.05) is 42.5 Å². The van der Waals surface area contributed by atoms with Gasteiger partial charge in [-0.15, -0.1) is 0 Å². The first-order valence-electron chi connectivity index (χ1n) is 11.1. The standard InChI is InChI=1S/C26H22N4O5/c1-16-7-6-10-19(13-16)29-24(32)26(23(31)27-25(29)33)15-18-14-20(30(34)35)11-12-21(18)28(2)22(26)17-8-4-3-5-9-17/h3-14,22H,15H2,1-2H3,(H,27,31,33)/t22-,26+/m0/s1. The van der Waals surface area contributed by atoms with Crippen molar-refractivity contribution in [2.75, 3.05) is 16.8 Å². The van der Waals surface area contributed by atoms with Gasteiger partial charge in [0.05, 0.1) is 16.7 Å². The van der Waals surface area contributed by atoms with Crippen LogP contribution in [0, 0.1) is 22.5 Å². The number of carbonyl (C=O) groups is 3. The normalized spacial score (nSPS) is 21.7. The van der Waals surface area contributed by atoms with Gasteiger partial charge in [-0.2, -0.15) is 0 Å². The number of hydrogen-bond acceptors (Lipinski definition) is 6. The van der Waals surface area contributed by atoms with Crippen LogP contribution in [0.5, 0.6) is 0 Å². The van der Waals surface area contributed by atoms with Gasteiger partial charge in [0.25, 0.3) is 11.6 Å². The molecule has 1 saturated heterocycles. The molecule has 0 bridgehead atoms. The Bertz CT molecular complexity index is 1390. The average molecular weight is 470 g/mol. The zero-order chi connectivity index (χ0) is 24.9. The minimum Gasteiger partial charge on any atom is -0.366 e. The molecule has 0 radical (unpaired) electrons. The Morgan fingerprint density at radius 3 is 2.43 bits per heavy atom. The number of barbiturate groups is 1. The highest BCUT2D eigenvalue weighted by Gasteiger charge is 2.62. The summed E-state index contributed by atoms with van der Waals surface area (Å²) in [5.41, 5.74) is 1.18. The number of benzene rings is 3. The third-order valence-electron chi connectivity index (χ3n) is 6.77. The molecule has 9 heteroatoms. The molecule has 5 rings (SSSR count). The summed E-state index contributed by atoms with van der Waals surface area (Å²) in [5, 5.41) is 13.8. The Labute approximate surface area is 201 Å². The van der Waals surface area contributed by atoms with Crippen molar-refractivity contribution in [3.63, 3.8) is 0 Å². The molecule has 1 N–H and O–H groups in total. The van der Waals surface area contributed by atoms with E-state index in [1.165, 1.54) is 12.1 Å². The number of nitrogens with zero attached hydrogens (tertiary/aromatic N) is 3. The molecule has 35 heavy (non-hydrogen) atoms. The van der Waals surface area contributed by atoms with Gasteiger partial charge in [-0.3, -0.25) is 25.0 Å². The molecule has 0 aromatic heterocycles. The zero-order valence-corrected chi connectivity index (χ0v) is 19.1. The van der Waals surface area contributed by atoms with E-state index in [9.17, 15) is 24.5 Å². The van der Waals surface area contributed by atoms with E-state index >= 15 is 0 Å². The number of aryl methyl sites for hydroxylation is 1. The molecule has 3 aromatic rings. The van der Waals surface area contributed by atoms with Crippen LogP contribution in [-0.4, -0.2) is 29.8 Å². The summed E-state index contributed by atoms with van der Waals surface area (Å²) in [6.07, 6.45) is -0.103. The van der Waals surface area contributed by atoms with Crippen LogP contribution in [0.15, 0.2) is 72.8 Å².